The molecular formula is C11H15N3O5S. The average molecular weight is 301 g/mol. The quantitative estimate of drug-likeness (QED) is 0.637. The number of hydrogen-bond acceptors (Lipinski definition) is 5. The molecule has 0 saturated carbocycles. The van der Waals surface area contributed by atoms with E-state index in [1.54, 1.807) is 6.92 Å². The summed E-state index contributed by atoms with van der Waals surface area (Å²) in [4.78, 5) is 21.9. The number of nitrogens with one attached hydrogen (secondary N) is 1. The van der Waals surface area contributed by atoms with Crippen molar-refractivity contribution in [1.82, 2.24) is 4.31 Å². The lowest BCUT2D eigenvalue weighted by molar-refractivity contribution is -0.385. The number of nitrogens with zero attached hydrogens (tertiary/aromatic N) is 2. The minimum absolute atomic E-state index is 0.112. The summed E-state index contributed by atoms with van der Waals surface area (Å²) in [6, 6.07) is 4.25. The summed E-state index contributed by atoms with van der Waals surface area (Å²) in [6.07, 6.45) is 0.983. The van der Waals surface area contributed by atoms with Crippen LogP contribution in [0.4, 0.5) is 11.4 Å². The molecule has 1 aromatic rings. The molecule has 1 amide bonds. The Kier molecular flexibility index (Phi) is 4.79. The van der Waals surface area contributed by atoms with Crippen molar-refractivity contribution < 1.29 is 18.1 Å². The molecule has 0 bridgehead atoms. The second kappa shape index (κ2) is 5.97. The molecule has 110 valence electrons. The van der Waals surface area contributed by atoms with Crippen LogP contribution in [0.15, 0.2) is 18.2 Å². The lowest BCUT2D eigenvalue weighted by atomic mass is 10.2. The van der Waals surface area contributed by atoms with E-state index in [1.807, 2.05) is 0 Å². The third kappa shape index (κ3) is 4.28. The number of aryl methyl sites for hydroxylation is 1. The number of rotatable bonds is 5. The summed E-state index contributed by atoms with van der Waals surface area (Å²) in [5.74, 6) is -0.573. The summed E-state index contributed by atoms with van der Waals surface area (Å²) in [5.41, 5.74) is 0.606. The number of carbonyl (C=O) groups excluding carboxylic acids is 1. The van der Waals surface area contributed by atoms with Gasteiger partial charge in [-0.15, -0.1) is 0 Å². The average Bonchev–Trinajstić information content (AvgIpc) is 2.29. The SMILES string of the molecule is Cc1ccc(NC(=O)CN(C)S(C)(=O)=O)cc1[N+](=O)[O-]. The molecule has 0 atom stereocenters. The van der Waals surface area contributed by atoms with Gasteiger partial charge in [0.25, 0.3) is 5.69 Å². The molecule has 1 rings (SSSR count). The molecule has 0 spiro atoms. The zero-order valence-electron chi connectivity index (χ0n) is 11.3. The predicted molar refractivity (Wildman–Crippen MR) is 73.9 cm³/mol. The van der Waals surface area contributed by atoms with Gasteiger partial charge in [-0.2, -0.15) is 4.31 Å². The van der Waals surface area contributed by atoms with Gasteiger partial charge in [0.15, 0.2) is 0 Å². The molecule has 0 fully saturated rings. The smallest absolute Gasteiger partial charge is 0.274 e. The molecule has 1 aromatic carbocycles. The number of likely N-dealkylation sites (N-methyl/N-ethyl adjacent to an activating group) is 1. The van der Waals surface area contributed by atoms with Gasteiger partial charge in [0.05, 0.1) is 17.7 Å². The Balaban J connectivity index is 2.82. The standard InChI is InChI=1S/C11H15N3O5S/c1-8-4-5-9(6-10(8)14(16)17)12-11(15)7-13(2)20(3,18)19/h4-6H,7H2,1-3H3,(H,12,15). The van der Waals surface area contributed by atoms with Crippen LogP contribution in [-0.4, -0.2) is 43.4 Å². The number of anilines is 1. The first kappa shape index (κ1) is 16.1. The Morgan fingerprint density at radius 1 is 1.45 bits per heavy atom. The Bertz CT molecular complexity index is 641. The summed E-state index contributed by atoms with van der Waals surface area (Å²) < 4.78 is 23.2. The number of carbonyl (C=O) groups is 1. The third-order valence-corrected chi connectivity index (χ3v) is 3.88. The van der Waals surface area contributed by atoms with Crippen molar-refractivity contribution in [3.8, 4) is 0 Å². The van der Waals surface area contributed by atoms with E-state index in [4.69, 9.17) is 0 Å². The van der Waals surface area contributed by atoms with Crippen molar-refractivity contribution >= 4 is 27.3 Å². The lowest BCUT2D eigenvalue weighted by Crippen LogP contribution is -2.34. The Morgan fingerprint density at radius 3 is 2.55 bits per heavy atom. The van der Waals surface area contributed by atoms with Gasteiger partial charge in [0, 0.05) is 24.4 Å². The Hall–Kier alpha value is -2.00. The monoisotopic (exact) mass is 301 g/mol. The van der Waals surface area contributed by atoms with Crippen molar-refractivity contribution in [2.75, 3.05) is 25.2 Å². The van der Waals surface area contributed by atoms with E-state index in [-0.39, 0.29) is 17.9 Å². The summed E-state index contributed by atoms with van der Waals surface area (Å²) in [7, 11) is -2.18. The minimum atomic E-state index is -3.45. The normalized spacial score (nSPS) is 11.4. The predicted octanol–water partition coefficient (Wildman–Crippen LogP) is 0.733. The highest BCUT2D eigenvalue weighted by Crippen LogP contribution is 2.22. The summed E-state index contributed by atoms with van der Waals surface area (Å²) >= 11 is 0. The molecule has 0 unspecified atom stereocenters. The molecule has 0 radical (unpaired) electrons. The molecule has 9 heteroatoms. The molecule has 0 aliphatic heterocycles. The van der Waals surface area contributed by atoms with Gasteiger partial charge < -0.3 is 5.32 Å². The second-order valence-corrected chi connectivity index (χ2v) is 6.41. The van der Waals surface area contributed by atoms with Crippen LogP contribution in [0.5, 0.6) is 0 Å². The van der Waals surface area contributed by atoms with Gasteiger partial charge in [-0.25, -0.2) is 8.42 Å². The fourth-order valence-corrected chi connectivity index (χ4v) is 1.76. The van der Waals surface area contributed by atoms with Crippen LogP contribution in [0.25, 0.3) is 0 Å². The van der Waals surface area contributed by atoms with Crippen LogP contribution in [0.3, 0.4) is 0 Å². The second-order valence-electron chi connectivity index (χ2n) is 4.33. The maximum absolute atomic E-state index is 11.6. The first-order valence-electron chi connectivity index (χ1n) is 5.57. The zero-order valence-corrected chi connectivity index (χ0v) is 12.1. The summed E-state index contributed by atoms with van der Waals surface area (Å²) in [5, 5.41) is 13.2. The molecule has 0 aliphatic carbocycles. The number of benzene rings is 1. The first-order chi connectivity index (χ1) is 9.11. The number of sulfonamides is 1. The topological polar surface area (TPSA) is 110 Å². The van der Waals surface area contributed by atoms with E-state index < -0.39 is 20.9 Å². The molecule has 0 saturated heterocycles. The molecule has 0 aromatic heterocycles. The fraction of sp³-hybridized carbons (Fsp3) is 0.364. The maximum atomic E-state index is 11.6. The van der Waals surface area contributed by atoms with Crippen LogP contribution in [0.2, 0.25) is 0 Å². The van der Waals surface area contributed by atoms with Crippen molar-refractivity contribution in [3.05, 3.63) is 33.9 Å². The van der Waals surface area contributed by atoms with E-state index in [9.17, 15) is 23.3 Å². The van der Waals surface area contributed by atoms with Crippen LogP contribution >= 0.6 is 0 Å². The third-order valence-electron chi connectivity index (χ3n) is 2.62. The van der Waals surface area contributed by atoms with E-state index in [0.29, 0.717) is 5.56 Å². The Labute approximate surface area is 116 Å². The summed E-state index contributed by atoms with van der Waals surface area (Å²) in [6.45, 7) is 1.22. The number of nitro groups is 1. The van der Waals surface area contributed by atoms with Gasteiger partial charge in [0.1, 0.15) is 0 Å². The molecule has 0 aliphatic rings. The number of amides is 1. The minimum Gasteiger partial charge on any atom is -0.325 e. The molecule has 20 heavy (non-hydrogen) atoms. The zero-order chi connectivity index (χ0) is 15.5. The number of hydrogen-bond donors (Lipinski definition) is 1. The van der Waals surface area contributed by atoms with Gasteiger partial charge in [-0.1, -0.05) is 6.07 Å². The highest BCUT2D eigenvalue weighted by molar-refractivity contribution is 7.88. The molecule has 0 heterocycles. The van der Waals surface area contributed by atoms with E-state index >= 15 is 0 Å². The van der Waals surface area contributed by atoms with Gasteiger partial charge in [-0.05, 0) is 13.0 Å². The van der Waals surface area contributed by atoms with Crippen LogP contribution < -0.4 is 5.32 Å². The van der Waals surface area contributed by atoms with Crippen molar-refractivity contribution in [3.63, 3.8) is 0 Å². The van der Waals surface area contributed by atoms with Crippen molar-refractivity contribution in [2.24, 2.45) is 0 Å². The van der Waals surface area contributed by atoms with E-state index in [2.05, 4.69) is 5.32 Å². The van der Waals surface area contributed by atoms with Gasteiger partial charge in [-0.3, -0.25) is 14.9 Å². The lowest BCUT2D eigenvalue weighted by Gasteiger charge is -2.13. The highest BCUT2D eigenvalue weighted by Gasteiger charge is 2.16. The first-order valence-corrected chi connectivity index (χ1v) is 7.42. The van der Waals surface area contributed by atoms with Gasteiger partial charge in [0.2, 0.25) is 15.9 Å². The largest absolute Gasteiger partial charge is 0.325 e. The molecule has 1 N–H and O–H groups in total. The Morgan fingerprint density at radius 2 is 2.05 bits per heavy atom. The van der Waals surface area contributed by atoms with Gasteiger partial charge >= 0.3 is 0 Å². The van der Waals surface area contributed by atoms with Crippen molar-refractivity contribution in [1.29, 1.82) is 0 Å². The van der Waals surface area contributed by atoms with Crippen LogP contribution in [0.1, 0.15) is 5.56 Å². The van der Waals surface area contributed by atoms with Crippen molar-refractivity contribution in [2.45, 2.75) is 6.92 Å². The van der Waals surface area contributed by atoms with E-state index in [1.165, 1.54) is 25.2 Å². The molecular weight excluding hydrogens is 286 g/mol. The van der Waals surface area contributed by atoms with Crippen LogP contribution in [0, 0.1) is 17.0 Å². The fourth-order valence-electron chi connectivity index (χ4n) is 1.40. The highest BCUT2D eigenvalue weighted by atomic mass is 32.2. The molecule has 8 nitrogen and oxygen atoms in total. The van der Waals surface area contributed by atoms with E-state index in [0.717, 1.165) is 10.6 Å². The number of nitro benzene ring substituents is 1. The maximum Gasteiger partial charge on any atom is 0.274 e. The van der Waals surface area contributed by atoms with Crippen LogP contribution in [-0.2, 0) is 14.8 Å².